The Labute approximate surface area is 168 Å². The van der Waals surface area contributed by atoms with E-state index in [0.717, 1.165) is 39.4 Å². The Hall–Kier alpha value is -3.35. The molecule has 2 N–H and O–H groups in total. The molecule has 1 aliphatic carbocycles. The highest BCUT2D eigenvalue weighted by molar-refractivity contribution is 6.03. The van der Waals surface area contributed by atoms with Gasteiger partial charge in [-0.3, -0.25) is 4.98 Å². The van der Waals surface area contributed by atoms with Gasteiger partial charge < -0.3 is 10.6 Å². The summed E-state index contributed by atoms with van der Waals surface area (Å²) in [6, 6.07) is 8.61. The van der Waals surface area contributed by atoms with E-state index in [4.69, 9.17) is 10.6 Å². The second-order valence-corrected chi connectivity index (χ2v) is 6.94. The van der Waals surface area contributed by atoms with Crippen molar-refractivity contribution < 1.29 is 9.23 Å². The third-order valence-corrected chi connectivity index (χ3v) is 5.04. The van der Waals surface area contributed by atoms with Gasteiger partial charge in [-0.25, -0.2) is 14.4 Å². The maximum absolute atomic E-state index is 14.1. The van der Waals surface area contributed by atoms with Crippen LogP contribution in [-0.4, -0.2) is 27.3 Å². The van der Waals surface area contributed by atoms with Crippen LogP contribution in [0.25, 0.3) is 11.1 Å². The fraction of sp³-hybridized carbons (Fsp3) is 0.227. The number of hydrogen-bond acceptors (Lipinski definition) is 6. The summed E-state index contributed by atoms with van der Waals surface area (Å²) in [4.78, 5) is 18.2. The zero-order valence-corrected chi connectivity index (χ0v) is 16.1. The lowest BCUT2D eigenvalue weighted by Crippen LogP contribution is -2.24. The lowest BCUT2D eigenvalue weighted by atomic mass is 9.78. The smallest absolute Gasteiger partial charge is 0.220 e. The largest absolute Gasteiger partial charge is 0.396 e. The van der Waals surface area contributed by atoms with Crippen molar-refractivity contribution in [2.45, 2.75) is 25.7 Å². The van der Waals surface area contributed by atoms with Crippen molar-refractivity contribution in [1.82, 2.24) is 15.0 Å². The van der Waals surface area contributed by atoms with Crippen molar-refractivity contribution >= 4 is 11.7 Å². The number of oxime groups is 1. The molecule has 2 heterocycles. The minimum atomic E-state index is -0.291. The van der Waals surface area contributed by atoms with Gasteiger partial charge in [-0.2, -0.15) is 0 Å². The van der Waals surface area contributed by atoms with Gasteiger partial charge in [0.2, 0.25) is 5.95 Å². The second-order valence-electron chi connectivity index (χ2n) is 6.94. The van der Waals surface area contributed by atoms with Gasteiger partial charge in [-0.05, 0) is 55.5 Å². The Morgan fingerprint density at radius 2 is 2.14 bits per heavy atom. The first-order chi connectivity index (χ1) is 14.1. The number of nitrogen functional groups attached to an aromatic ring is 1. The molecule has 3 aromatic rings. The van der Waals surface area contributed by atoms with E-state index < -0.39 is 0 Å². The molecule has 7 heteroatoms. The Balaban J connectivity index is 1.83. The van der Waals surface area contributed by atoms with Crippen LogP contribution in [0.5, 0.6) is 0 Å². The Bertz CT molecular complexity index is 1070. The van der Waals surface area contributed by atoms with Gasteiger partial charge in [-0.1, -0.05) is 17.3 Å². The van der Waals surface area contributed by atoms with E-state index in [2.05, 4.69) is 27.0 Å². The van der Waals surface area contributed by atoms with Gasteiger partial charge in [0, 0.05) is 29.9 Å². The number of fused-ring (bicyclic) bond motifs is 1. The summed E-state index contributed by atoms with van der Waals surface area (Å²) in [6.07, 6.45) is 4.69. The first-order valence-electron chi connectivity index (χ1n) is 9.38. The molecule has 0 bridgehead atoms. The molecule has 1 aromatic carbocycles. The molecule has 0 fully saturated rings. The predicted octanol–water partition coefficient (Wildman–Crippen LogP) is 3.85. The molecule has 0 amide bonds. The van der Waals surface area contributed by atoms with Crippen LogP contribution in [0.4, 0.5) is 10.3 Å². The Morgan fingerprint density at radius 1 is 1.28 bits per heavy atom. The Kier molecular flexibility index (Phi) is 5.20. The van der Waals surface area contributed by atoms with Crippen molar-refractivity contribution in [2.24, 2.45) is 5.16 Å². The van der Waals surface area contributed by atoms with E-state index in [0.29, 0.717) is 12.8 Å². The molecular formula is C22H21FN5O. The highest BCUT2D eigenvalue weighted by atomic mass is 19.1. The van der Waals surface area contributed by atoms with Crippen LogP contribution in [0.3, 0.4) is 0 Å². The van der Waals surface area contributed by atoms with Crippen LogP contribution in [-0.2, 0) is 11.3 Å². The van der Waals surface area contributed by atoms with E-state index in [1.54, 1.807) is 18.5 Å². The number of aryl methyl sites for hydroxylation is 1. The second kappa shape index (κ2) is 7.95. The highest BCUT2D eigenvalue weighted by Gasteiger charge is 2.30. The summed E-state index contributed by atoms with van der Waals surface area (Å²) >= 11 is 0. The zero-order valence-electron chi connectivity index (χ0n) is 16.1. The minimum Gasteiger partial charge on any atom is -0.396 e. The summed E-state index contributed by atoms with van der Waals surface area (Å²) in [5.74, 6) is -0.0365. The van der Waals surface area contributed by atoms with Gasteiger partial charge in [0.05, 0.1) is 17.1 Å². The molecule has 0 unspecified atom stereocenters. The monoisotopic (exact) mass is 390 g/mol. The molecule has 6 nitrogen and oxygen atoms in total. The molecule has 147 valence electrons. The number of halogens is 1. The zero-order chi connectivity index (χ0) is 20.4. The van der Waals surface area contributed by atoms with Crippen molar-refractivity contribution in [3.63, 3.8) is 0 Å². The number of nitrogens with two attached hydrogens (primary N) is 1. The molecule has 0 spiro atoms. The van der Waals surface area contributed by atoms with E-state index in [1.165, 1.54) is 6.07 Å². The number of aromatic nitrogens is 3. The normalized spacial score (nSPS) is 17.2. The van der Waals surface area contributed by atoms with Gasteiger partial charge in [0.15, 0.2) is 0 Å². The van der Waals surface area contributed by atoms with Crippen LogP contribution >= 0.6 is 0 Å². The molecule has 1 radical (unpaired) electrons. The third kappa shape index (κ3) is 3.81. The lowest BCUT2D eigenvalue weighted by molar-refractivity contribution is 0.172. The lowest BCUT2D eigenvalue weighted by Gasteiger charge is -2.28. The third-order valence-electron chi connectivity index (χ3n) is 5.04. The molecule has 1 atom stereocenters. The average molecular weight is 390 g/mol. The summed E-state index contributed by atoms with van der Waals surface area (Å²) < 4.78 is 14.1. The fourth-order valence-corrected chi connectivity index (χ4v) is 3.90. The Morgan fingerprint density at radius 3 is 2.90 bits per heavy atom. The molecule has 1 aliphatic rings. The molecule has 0 saturated carbocycles. The van der Waals surface area contributed by atoms with Crippen LogP contribution in [0.2, 0.25) is 0 Å². The van der Waals surface area contributed by atoms with Gasteiger partial charge >= 0.3 is 0 Å². The quantitative estimate of drug-likeness (QED) is 0.684. The summed E-state index contributed by atoms with van der Waals surface area (Å²) in [5.41, 5.74) is 11.8. The SMILES string of the molecule is [CH2]CON=C1C[C@@H](c2ccc(F)cc2-c2cccnc2)Cc2nc(N)nc(C)c21. The highest BCUT2D eigenvalue weighted by Crippen LogP contribution is 2.38. The molecule has 2 aromatic heterocycles. The van der Waals surface area contributed by atoms with Crippen molar-refractivity contribution in [3.05, 3.63) is 78.0 Å². The van der Waals surface area contributed by atoms with Crippen LogP contribution in [0.15, 0.2) is 47.9 Å². The maximum Gasteiger partial charge on any atom is 0.220 e. The molecule has 29 heavy (non-hydrogen) atoms. The average Bonchev–Trinajstić information content (AvgIpc) is 2.72. The molecule has 0 saturated heterocycles. The van der Waals surface area contributed by atoms with Crippen molar-refractivity contribution in [3.8, 4) is 11.1 Å². The molecular weight excluding hydrogens is 369 g/mol. The summed E-state index contributed by atoms with van der Waals surface area (Å²) in [5, 5.41) is 4.28. The van der Waals surface area contributed by atoms with Crippen molar-refractivity contribution in [2.75, 3.05) is 12.3 Å². The number of benzene rings is 1. The molecule has 0 aliphatic heterocycles. The number of anilines is 1. The van der Waals surface area contributed by atoms with E-state index >= 15 is 0 Å². The van der Waals surface area contributed by atoms with E-state index in [-0.39, 0.29) is 24.3 Å². The predicted molar refractivity (Wildman–Crippen MR) is 110 cm³/mol. The van der Waals surface area contributed by atoms with Crippen LogP contribution < -0.4 is 5.73 Å². The molecule has 4 rings (SSSR count). The van der Waals surface area contributed by atoms with Gasteiger partial charge in [-0.15, -0.1) is 0 Å². The number of pyridine rings is 1. The first kappa shape index (κ1) is 19.0. The first-order valence-corrected chi connectivity index (χ1v) is 9.38. The summed E-state index contributed by atoms with van der Waals surface area (Å²) in [6.45, 7) is 5.78. The standard InChI is InChI=1S/C22H21FN5O/c1-3-29-28-20-10-15(9-19-21(20)13(2)26-22(24)27-19)17-7-6-16(23)11-18(17)14-5-4-8-25-12-14/h4-8,11-12,15H,1,3,9-10H2,2H3,(H2,24,26,27)/t15-/m0/s1. The van der Waals surface area contributed by atoms with E-state index in [1.807, 2.05) is 25.1 Å². The van der Waals surface area contributed by atoms with E-state index in [9.17, 15) is 4.39 Å². The van der Waals surface area contributed by atoms with Gasteiger partial charge in [0.25, 0.3) is 0 Å². The summed E-state index contributed by atoms with van der Waals surface area (Å²) in [7, 11) is 0. The minimum absolute atomic E-state index is 0.0270. The topological polar surface area (TPSA) is 86.3 Å². The number of nitrogens with zero attached hydrogens (tertiary/aromatic N) is 4. The van der Waals surface area contributed by atoms with Crippen molar-refractivity contribution in [1.29, 1.82) is 0 Å². The number of rotatable bonds is 4. The number of hydrogen-bond donors (Lipinski definition) is 1. The maximum atomic E-state index is 14.1. The fourth-order valence-electron chi connectivity index (χ4n) is 3.90. The van der Waals surface area contributed by atoms with Crippen LogP contribution in [0.1, 0.15) is 34.9 Å². The van der Waals surface area contributed by atoms with Crippen LogP contribution in [0, 0.1) is 19.7 Å². The van der Waals surface area contributed by atoms with Gasteiger partial charge in [0.1, 0.15) is 12.4 Å².